The van der Waals surface area contributed by atoms with Crippen molar-refractivity contribution in [1.29, 1.82) is 0 Å². The second kappa shape index (κ2) is 12.4. The number of para-hydroxylation sites is 1. The highest BCUT2D eigenvalue weighted by Gasteiger charge is 2.31. The summed E-state index contributed by atoms with van der Waals surface area (Å²) in [7, 11) is 2.81. The molecule has 39 heavy (non-hydrogen) atoms. The van der Waals surface area contributed by atoms with Crippen molar-refractivity contribution in [3.8, 4) is 35.3 Å². The lowest BCUT2D eigenvalue weighted by Crippen LogP contribution is -2.39. The standard InChI is InChI=1S/C29H28N2O7S/c1-6-14-38-26-19(10-9-11-22(26)34-4)16-24-27(32)31-25(20(28(33)35-5)17-30-29(31)39-24)18-12-13-21(36-7-2)23(15-18)37-8-3/h1,9-13,15-17,25H,7-8,14H2,2-5H3/b24-16+/t25-/m1/s1. The van der Waals surface area contributed by atoms with E-state index in [0.29, 0.717) is 56.7 Å². The number of benzene rings is 2. The molecule has 1 aliphatic rings. The Morgan fingerprint density at radius 1 is 1.10 bits per heavy atom. The van der Waals surface area contributed by atoms with Gasteiger partial charge in [0.25, 0.3) is 5.56 Å². The van der Waals surface area contributed by atoms with Crippen molar-refractivity contribution >= 4 is 23.4 Å². The van der Waals surface area contributed by atoms with Gasteiger partial charge >= 0.3 is 5.97 Å². The number of esters is 1. The molecule has 0 amide bonds. The molecule has 0 fully saturated rings. The Morgan fingerprint density at radius 3 is 2.56 bits per heavy atom. The van der Waals surface area contributed by atoms with E-state index in [4.69, 9.17) is 30.1 Å². The molecule has 4 rings (SSSR count). The Hall–Kier alpha value is -4.49. The molecule has 3 aromatic rings. The van der Waals surface area contributed by atoms with E-state index in [1.165, 1.54) is 36.3 Å². The third-order valence-electron chi connectivity index (χ3n) is 5.82. The number of nitrogens with zero attached hydrogens (tertiary/aromatic N) is 2. The van der Waals surface area contributed by atoms with E-state index in [9.17, 15) is 9.59 Å². The molecular weight excluding hydrogens is 520 g/mol. The fourth-order valence-electron chi connectivity index (χ4n) is 4.20. The smallest absolute Gasteiger partial charge is 0.337 e. The molecule has 10 heteroatoms. The summed E-state index contributed by atoms with van der Waals surface area (Å²) in [6.07, 6.45) is 8.52. The first-order valence-corrected chi connectivity index (χ1v) is 13.0. The average Bonchev–Trinajstić information content (AvgIpc) is 3.27. The topological polar surface area (TPSA) is 97.6 Å². The SMILES string of the molecule is C#CCOc1c(/C=c2/sc3n(c2=O)[C@H](c2ccc(OCC)c(OCC)c2)C(C(=O)OC)=CN=3)cccc1OC. The number of carbonyl (C=O) groups excluding carboxylic acids is 1. The second-order valence-electron chi connectivity index (χ2n) is 8.12. The number of methoxy groups -OCH3 is 2. The van der Waals surface area contributed by atoms with Crippen LogP contribution in [0.2, 0.25) is 0 Å². The molecule has 1 aromatic heterocycles. The number of aromatic nitrogens is 1. The van der Waals surface area contributed by atoms with Gasteiger partial charge in [-0.25, -0.2) is 9.79 Å². The van der Waals surface area contributed by atoms with Crippen molar-refractivity contribution in [2.45, 2.75) is 19.9 Å². The van der Waals surface area contributed by atoms with Crippen molar-refractivity contribution < 1.29 is 28.5 Å². The number of hydrogen-bond donors (Lipinski definition) is 0. The Kier molecular flexibility index (Phi) is 8.74. The van der Waals surface area contributed by atoms with Crippen LogP contribution >= 0.6 is 11.3 Å². The predicted molar refractivity (Wildman–Crippen MR) is 147 cm³/mol. The summed E-state index contributed by atoms with van der Waals surface area (Å²) in [5.41, 5.74) is 1.12. The lowest BCUT2D eigenvalue weighted by atomic mass is 9.97. The number of ether oxygens (including phenoxy) is 5. The minimum Gasteiger partial charge on any atom is -0.493 e. The Balaban J connectivity index is 1.91. The Labute approximate surface area is 229 Å². The van der Waals surface area contributed by atoms with E-state index in [0.717, 1.165) is 0 Å². The second-order valence-corrected chi connectivity index (χ2v) is 9.13. The third-order valence-corrected chi connectivity index (χ3v) is 6.82. The Morgan fingerprint density at radius 2 is 1.87 bits per heavy atom. The molecule has 0 radical (unpaired) electrons. The summed E-state index contributed by atoms with van der Waals surface area (Å²) < 4.78 is 29.5. The molecule has 0 spiro atoms. The van der Waals surface area contributed by atoms with Gasteiger partial charge in [0.1, 0.15) is 6.61 Å². The highest BCUT2D eigenvalue weighted by atomic mass is 32.1. The summed E-state index contributed by atoms with van der Waals surface area (Å²) in [6.45, 7) is 4.65. The monoisotopic (exact) mass is 548 g/mol. The fourth-order valence-corrected chi connectivity index (χ4v) is 5.16. The molecule has 9 nitrogen and oxygen atoms in total. The molecule has 0 aliphatic carbocycles. The first-order chi connectivity index (χ1) is 19.0. The third kappa shape index (κ3) is 5.54. The van der Waals surface area contributed by atoms with E-state index < -0.39 is 12.0 Å². The van der Waals surface area contributed by atoms with Crippen LogP contribution in [0.25, 0.3) is 6.08 Å². The van der Waals surface area contributed by atoms with Gasteiger partial charge in [-0.05, 0) is 43.7 Å². The van der Waals surface area contributed by atoms with Crippen LogP contribution in [-0.4, -0.2) is 44.6 Å². The minimum absolute atomic E-state index is 0.0326. The van der Waals surface area contributed by atoms with E-state index in [2.05, 4.69) is 10.9 Å². The lowest BCUT2D eigenvalue weighted by Gasteiger charge is -2.23. The summed E-state index contributed by atoms with van der Waals surface area (Å²) in [5.74, 6) is 3.82. The van der Waals surface area contributed by atoms with Gasteiger partial charge in [0.15, 0.2) is 27.8 Å². The first kappa shape index (κ1) is 27.5. The molecule has 202 valence electrons. The highest BCUT2D eigenvalue weighted by molar-refractivity contribution is 7.07. The average molecular weight is 549 g/mol. The highest BCUT2D eigenvalue weighted by Crippen LogP contribution is 2.35. The zero-order valence-electron chi connectivity index (χ0n) is 22.1. The van der Waals surface area contributed by atoms with Crippen LogP contribution < -0.4 is 33.8 Å². The summed E-state index contributed by atoms with van der Waals surface area (Å²) in [6, 6.07) is 9.86. The van der Waals surface area contributed by atoms with Gasteiger partial charge in [0, 0.05) is 11.8 Å². The molecule has 2 heterocycles. The normalized spacial score (nSPS) is 14.4. The molecule has 0 bridgehead atoms. The minimum atomic E-state index is -0.798. The molecule has 2 aromatic carbocycles. The van der Waals surface area contributed by atoms with Gasteiger partial charge in [0.05, 0.1) is 43.6 Å². The van der Waals surface area contributed by atoms with Gasteiger partial charge in [-0.2, -0.15) is 0 Å². The zero-order chi connectivity index (χ0) is 27.9. The van der Waals surface area contributed by atoms with Crippen molar-refractivity contribution in [1.82, 2.24) is 4.57 Å². The molecule has 0 N–H and O–H groups in total. The van der Waals surface area contributed by atoms with Crippen molar-refractivity contribution in [3.63, 3.8) is 0 Å². The number of terminal acetylenes is 1. The summed E-state index contributed by atoms with van der Waals surface area (Å²) >= 11 is 1.19. The number of hydrogen-bond acceptors (Lipinski definition) is 9. The first-order valence-electron chi connectivity index (χ1n) is 12.2. The van der Waals surface area contributed by atoms with Crippen LogP contribution in [0.3, 0.4) is 0 Å². The molecule has 0 unspecified atom stereocenters. The van der Waals surface area contributed by atoms with Gasteiger partial charge in [-0.3, -0.25) is 9.36 Å². The molecule has 0 saturated heterocycles. The van der Waals surface area contributed by atoms with Crippen LogP contribution in [0.5, 0.6) is 23.0 Å². The maximum absolute atomic E-state index is 13.9. The maximum atomic E-state index is 13.9. The van der Waals surface area contributed by atoms with Crippen LogP contribution in [0.4, 0.5) is 0 Å². The van der Waals surface area contributed by atoms with Crippen LogP contribution in [0, 0.1) is 12.3 Å². The van der Waals surface area contributed by atoms with Crippen LogP contribution in [0.1, 0.15) is 31.0 Å². The van der Waals surface area contributed by atoms with E-state index in [1.807, 2.05) is 13.8 Å². The zero-order valence-corrected chi connectivity index (χ0v) is 22.9. The van der Waals surface area contributed by atoms with E-state index >= 15 is 0 Å². The van der Waals surface area contributed by atoms with Gasteiger partial charge in [-0.15, -0.1) is 6.42 Å². The molecule has 1 atom stereocenters. The number of carbonyl (C=O) groups is 1. The lowest BCUT2D eigenvalue weighted by molar-refractivity contribution is -0.136. The Bertz CT molecular complexity index is 1630. The van der Waals surface area contributed by atoms with Gasteiger partial charge in [-0.1, -0.05) is 35.5 Å². The van der Waals surface area contributed by atoms with E-state index in [1.54, 1.807) is 42.5 Å². The van der Waals surface area contributed by atoms with Gasteiger partial charge < -0.3 is 23.7 Å². The van der Waals surface area contributed by atoms with E-state index in [-0.39, 0.29) is 17.7 Å². The summed E-state index contributed by atoms with van der Waals surface area (Å²) in [4.78, 5) is 31.5. The quantitative estimate of drug-likeness (QED) is 0.284. The van der Waals surface area contributed by atoms with Crippen molar-refractivity contribution in [2.24, 2.45) is 4.99 Å². The van der Waals surface area contributed by atoms with Crippen molar-refractivity contribution in [3.05, 3.63) is 79.0 Å². The number of rotatable bonds is 10. The fraction of sp³-hybridized carbons (Fsp3) is 0.276. The van der Waals surface area contributed by atoms with Crippen LogP contribution in [-0.2, 0) is 9.53 Å². The molecule has 1 aliphatic heterocycles. The largest absolute Gasteiger partial charge is 0.493 e. The van der Waals surface area contributed by atoms with Crippen LogP contribution in [0.15, 0.2) is 58.0 Å². The number of fused-ring (bicyclic) bond motifs is 1. The number of thiazole rings is 1. The van der Waals surface area contributed by atoms with Gasteiger partial charge in [0.2, 0.25) is 0 Å². The maximum Gasteiger partial charge on any atom is 0.337 e. The molecule has 0 saturated carbocycles. The predicted octanol–water partition coefficient (Wildman–Crippen LogP) is 2.84. The summed E-state index contributed by atoms with van der Waals surface area (Å²) in [5, 5.41) is 0. The van der Waals surface area contributed by atoms with Crippen molar-refractivity contribution in [2.75, 3.05) is 34.0 Å². The molecular formula is C29H28N2O7S.